The molecule has 0 aliphatic carbocycles. The van der Waals surface area contributed by atoms with E-state index >= 15 is 0 Å². The summed E-state index contributed by atoms with van der Waals surface area (Å²) < 4.78 is 0. The lowest BCUT2D eigenvalue weighted by molar-refractivity contribution is -0.150. The number of carbonyl (C=O) groups excluding carboxylic acids is 2. The lowest BCUT2D eigenvalue weighted by Crippen LogP contribution is -2.44. The molecule has 0 aliphatic rings. The second-order valence-corrected chi connectivity index (χ2v) is 2.74. The van der Waals surface area contributed by atoms with Crippen LogP contribution in [0.4, 0.5) is 0 Å². The molecular formula is C8H11NO6. The van der Waals surface area contributed by atoms with Gasteiger partial charge in [-0.15, -0.1) is 0 Å². The van der Waals surface area contributed by atoms with Crippen molar-refractivity contribution in [3.05, 3.63) is 0 Å². The van der Waals surface area contributed by atoms with Gasteiger partial charge in [0, 0.05) is 0 Å². The van der Waals surface area contributed by atoms with Gasteiger partial charge in [0.2, 0.25) is 0 Å². The topological polar surface area (TPSA) is 112 Å². The van der Waals surface area contributed by atoms with Crippen LogP contribution in [0.25, 0.3) is 0 Å². The van der Waals surface area contributed by atoms with Gasteiger partial charge in [-0.3, -0.25) is 14.5 Å². The van der Waals surface area contributed by atoms with Crippen molar-refractivity contribution in [2.24, 2.45) is 0 Å². The average molecular weight is 217 g/mol. The van der Waals surface area contributed by atoms with Gasteiger partial charge in [-0.2, -0.15) is 0 Å². The Kier molecular flexibility index (Phi) is 5.88. The summed E-state index contributed by atoms with van der Waals surface area (Å²) in [6.45, 7) is -0.577. The standard InChI is InChI=1S/C8H11NO6/c10-3-1-9(2-4-11)6(8(14)15)5-7(12)13/h3-4,6H,1-2,5H2,(H,12,13)(H,14,15). The molecule has 15 heavy (non-hydrogen) atoms. The number of carboxylic acid groups (broad SMARTS) is 2. The summed E-state index contributed by atoms with van der Waals surface area (Å²) in [6, 6.07) is -1.36. The lowest BCUT2D eigenvalue weighted by Gasteiger charge is -2.23. The highest BCUT2D eigenvalue weighted by molar-refractivity contribution is 5.81. The van der Waals surface area contributed by atoms with Crippen molar-refractivity contribution in [3.63, 3.8) is 0 Å². The quantitative estimate of drug-likeness (QED) is 0.481. The van der Waals surface area contributed by atoms with Gasteiger partial charge >= 0.3 is 11.9 Å². The Morgan fingerprint density at radius 3 is 1.87 bits per heavy atom. The Morgan fingerprint density at radius 2 is 1.60 bits per heavy atom. The molecule has 0 aromatic carbocycles. The van der Waals surface area contributed by atoms with E-state index in [1.165, 1.54) is 0 Å². The van der Waals surface area contributed by atoms with Gasteiger partial charge in [-0.05, 0) is 0 Å². The highest BCUT2D eigenvalue weighted by atomic mass is 16.4. The molecule has 0 spiro atoms. The molecule has 7 heteroatoms. The predicted molar refractivity (Wildman–Crippen MR) is 47.4 cm³/mol. The molecule has 0 amide bonds. The molecule has 1 atom stereocenters. The van der Waals surface area contributed by atoms with E-state index in [4.69, 9.17) is 10.2 Å². The highest BCUT2D eigenvalue weighted by Crippen LogP contribution is 2.03. The van der Waals surface area contributed by atoms with E-state index in [9.17, 15) is 19.2 Å². The van der Waals surface area contributed by atoms with Gasteiger partial charge in [0.15, 0.2) is 0 Å². The van der Waals surface area contributed by atoms with Crippen LogP contribution in [0, 0.1) is 0 Å². The molecule has 1 unspecified atom stereocenters. The SMILES string of the molecule is O=CCN(CC=O)C(CC(=O)O)C(=O)O. The molecule has 7 nitrogen and oxygen atoms in total. The summed E-state index contributed by atoms with van der Waals surface area (Å²) in [7, 11) is 0. The van der Waals surface area contributed by atoms with Crippen molar-refractivity contribution in [2.75, 3.05) is 13.1 Å². The van der Waals surface area contributed by atoms with Crippen LogP contribution < -0.4 is 0 Å². The Hall–Kier alpha value is -1.76. The molecule has 0 rings (SSSR count). The number of nitrogens with zero attached hydrogens (tertiary/aromatic N) is 1. The molecule has 0 aliphatic heterocycles. The zero-order valence-corrected chi connectivity index (χ0v) is 7.83. The molecule has 0 saturated heterocycles. The van der Waals surface area contributed by atoms with Crippen LogP contribution in [-0.4, -0.2) is 58.8 Å². The minimum atomic E-state index is -1.37. The fourth-order valence-corrected chi connectivity index (χ4v) is 1.06. The maximum atomic E-state index is 10.7. The number of carbonyl (C=O) groups is 4. The van der Waals surface area contributed by atoms with Crippen LogP contribution in [0.1, 0.15) is 6.42 Å². The van der Waals surface area contributed by atoms with Crippen molar-refractivity contribution in [1.82, 2.24) is 4.90 Å². The zero-order chi connectivity index (χ0) is 11.8. The third-order valence-corrected chi connectivity index (χ3v) is 1.71. The van der Waals surface area contributed by atoms with E-state index < -0.39 is 24.4 Å². The third kappa shape index (κ3) is 4.87. The fourth-order valence-electron chi connectivity index (χ4n) is 1.06. The molecule has 0 aromatic rings. The molecule has 0 heterocycles. The van der Waals surface area contributed by atoms with Crippen LogP contribution in [0.3, 0.4) is 0 Å². The Balaban J connectivity index is 4.64. The van der Waals surface area contributed by atoms with E-state index in [1.54, 1.807) is 0 Å². The van der Waals surface area contributed by atoms with Crippen LogP contribution in [0.15, 0.2) is 0 Å². The van der Waals surface area contributed by atoms with E-state index in [0.717, 1.165) is 4.90 Å². The first kappa shape index (κ1) is 13.2. The van der Waals surface area contributed by atoms with Gasteiger partial charge in [-0.25, -0.2) is 0 Å². The molecule has 0 fully saturated rings. The monoisotopic (exact) mass is 217 g/mol. The maximum absolute atomic E-state index is 10.7. The van der Waals surface area contributed by atoms with Gasteiger partial charge < -0.3 is 19.8 Å². The average Bonchev–Trinajstić information content (AvgIpc) is 2.13. The van der Waals surface area contributed by atoms with E-state index in [-0.39, 0.29) is 13.1 Å². The van der Waals surface area contributed by atoms with Crippen LogP contribution in [0.5, 0.6) is 0 Å². The second kappa shape index (κ2) is 6.66. The van der Waals surface area contributed by atoms with Crippen LogP contribution in [0.2, 0.25) is 0 Å². The summed E-state index contributed by atoms with van der Waals surface area (Å²) in [6.07, 6.45) is 0.180. The summed E-state index contributed by atoms with van der Waals surface area (Å²) in [5.74, 6) is -2.68. The van der Waals surface area contributed by atoms with Gasteiger partial charge in [0.1, 0.15) is 18.6 Å². The van der Waals surface area contributed by atoms with Crippen molar-refractivity contribution in [1.29, 1.82) is 0 Å². The first-order valence-electron chi connectivity index (χ1n) is 4.08. The zero-order valence-electron chi connectivity index (χ0n) is 7.83. The van der Waals surface area contributed by atoms with Gasteiger partial charge in [0.25, 0.3) is 0 Å². The Bertz CT molecular complexity index is 254. The maximum Gasteiger partial charge on any atom is 0.321 e. The molecule has 0 radical (unpaired) electrons. The van der Waals surface area contributed by atoms with E-state index in [2.05, 4.69) is 0 Å². The first-order valence-corrected chi connectivity index (χ1v) is 4.08. The highest BCUT2D eigenvalue weighted by Gasteiger charge is 2.27. The molecule has 0 aromatic heterocycles. The summed E-state index contributed by atoms with van der Waals surface area (Å²) in [5, 5.41) is 17.2. The summed E-state index contributed by atoms with van der Waals surface area (Å²) >= 11 is 0. The summed E-state index contributed by atoms with van der Waals surface area (Å²) in [4.78, 5) is 42.4. The fraction of sp³-hybridized carbons (Fsp3) is 0.500. The van der Waals surface area contributed by atoms with Crippen LogP contribution >= 0.6 is 0 Å². The van der Waals surface area contributed by atoms with Crippen molar-refractivity contribution in [2.45, 2.75) is 12.5 Å². The normalized spacial score (nSPS) is 12.1. The van der Waals surface area contributed by atoms with Crippen molar-refractivity contribution >= 4 is 24.5 Å². The minimum Gasteiger partial charge on any atom is -0.481 e. The van der Waals surface area contributed by atoms with E-state index in [1.807, 2.05) is 0 Å². The molecule has 0 bridgehead atoms. The summed E-state index contributed by atoms with van der Waals surface area (Å²) in [5.41, 5.74) is 0. The Morgan fingerprint density at radius 1 is 1.13 bits per heavy atom. The minimum absolute atomic E-state index is 0.289. The largest absolute Gasteiger partial charge is 0.481 e. The van der Waals surface area contributed by atoms with Gasteiger partial charge in [0.05, 0.1) is 19.5 Å². The predicted octanol–water partition coefficient (Wildman–Crippen LogP) is -1.39. The lowest BCUT2D eigenvalue weighted by atomic mass is 10.2. The van der Waals surface area contributed by atoms with Crippen molar-refractivity contribution < 1.29 is 29.4 Å². The third-order valence-electron chi connectivity index (χ3n) is 1.71. The van der Waals surface area contributed by atoms with E-state index in [0.29, 0.717) is 12.6 Å². The Labute approximate surface area is 85.3 Å². The number of aliphatic carboxylic acids is 2. The smallest absolute Gasteiger partial charge is 0.321 e. The van der Waals surface area contributed by atoms with Crippen LogP contribution in [-0.2, 0) is 19.2 Å². The number of hydrogen-bond donors (Lipinski definition) is 2. The first-order chi connectivity index (χ1) is 7.02. The number of aldehydes is 2. The number of rotatable bonds is 8. The number of hydrogen-bond acceptors (Lipinski definition) is 5. The molecule has 0 saturated carbocycles. The van der Waals surface area contributed by atoms with Gasteiger partial charge in [-0.1, -0.05) is 0 Å². The number of carboxylic acids is 2. The molecule has 84 valence electrons. The van der Waals surface area contributed by atoms with Crippen molar-refractivity contribution in [3.8, 4) is 0 Å². The molecule has 2 N–H and O–H groups in total. The second-order valence-electron chi connectivity index (χ2n) is 2.74. The molecular weight excluding hydrogens is 206 g/mol.